The van der Waals surface area contributed by atoms with Crippen molar-refractivity contribution in [2.75, 3.05) is 26.8 Å². The second kappa shape index (κ2) is 5.04. The van der Waals surface area contributed by atoms with E-state index in [1.807, 2.05) is 20.8 Å². The number of methoxy groups -OCH3 is 1. The van der Waals surface area contributed by atoms with Gasteiger partial charge in [0.05, 0.1) is 6.61 Å². The van der Waals surface area contributed by atoms with Crippen LogP contribution in [0.4, 0.5) is 4.79 Å². The molecule has 0 aromatic rings. The van der Waals surface area contributed by atoms with E-state index in [2.05, 4.69) is 6.92 Å². The maximum absolute atomic E-state index is 11.8. The van der Waals surface area contributed by atoms with Crippen LogP contribution in [0.3, 0.4) is 0 Å². The summed E-state index contributed by atoms with van der Waals surface area (Å²) < 4.78 is 10.5. The van der Waals surface area contributed by atoms with Crippen molar-refractivity contribution < 1.29 is 14.3 Å². The van der Waals surface area contributed by atoms with Gasteiger partial charge in [0, 0.05) is 26.1 Å². The molecule has 1 saturated heterocycles. The molecule has 94 valence electrons. The first-order chi connectivity index (χ1) is 7.33. The van der Waals surface area contributed by atoms with Gasteiger partial charge in [-0.2, -0.15) is 0 Å². The summed E-state index contributed by atoms with van der Waals surface area (Å²) >= 11 is 0. The molecule has 1 heterocycles. The quantitative estimate of drug-likeness (QED) is 0.728. The molecule has 1 aliphatic rings. The molecule has 0 bridgehead atoms. The molecule has 0 spiro atoms. The van der Waals surface area contributed by atoms with E-state index in [1.54, 1.807) is 12.0 Å². The molecule has 16 heavy (non-hydrogen) atoms. The number of amides is 1. The van der Waals surface area contributed by atoms with Crippen molar-refractivity contribution in [2.45, 2.75) is 33.3 Å². The highest BCUT2D eigenvalue weighted by molar-refractivity contribution is 5.68. The van der Waals surface area contributed by atoms with Gasteiger partial charge in [0.1, 0.15) is 5.60 Å². The van der Waals surface area contributed by atoms with Crippen LogP contribution in [-0.2, 0) is 9.47 Å². The van der Waals surface area contributed by atoms with E-state index in [-0.39, 0.29) is 6.09 Å². The Balaban J connectivity index is 2.48. The number of carbonyl (C=O) groups excluding carboxylic acids is 1. The number of hydrogen-bond acceptors (Lipinski definition) is 3. The van der Waals surface area contributed by atoms with Crippen molar-refractivity contribution in [3.63, 3.8) is 0 Å². The zero-order valence-corrected chi connectivity index (χ0v) is 10.9. The fourth-order valence-electron chi connectivity index (χ4n) is 1.94. The van der Waals surface area contributed by atoms with E-state index in [9.17, 15) is 4.79 Å². The first kappa shape index (κ1) is 13.3. The lowest BCUT2D eigenvalue weighted by molar-refractivity contribution is 0.0278. The van der Waals surface area contributed by atoms with Gasteiger partial charge in [0.15, 0.2) is 0 Å². The first-order valence-corrected chi connectivity index (χ1v) is 5.80. The first-order valence-electron chi connectivity index (χ1n) is 5.80. The van der Waals surface area contributed by atoms with Crippen molar-refractivity contribution >= 4 is 6.09 Å². The predicted molar refractivity (Wildman–Crippen MR) is 62.3 cm³/mol. The molecule has 0 saturated carbocycles. The minimum absolute atomic E-state index is 0.210. The Labute approximate surface area is 97.9 Å². The minimum atomic E-state index is -0.417. The molecule has 2 unspecified atom stereocenters. The Kier molecular flexibility index (Phi) is 4.19. The van der Waals surface area contributed by atoms with Crippen molar-refractivity contribution in [3.05, 3.63) is 0 Å². The zero-order valence-electron chi connectivity index (χ0n) is 10.9. The van der Waals surface area contributed by atoms with Gasteiger partial charge >= 0.3 is 6.09 Å². The second-order valence-electron chi connectivity index (χ2n) is 5.58. The van der Waals surface area contributed by atoms with Crippen molar-refractivity contribution in [1.29, 1.82) is 0 Å². The number of hydrogen-bond donors (Lipinski definition) is 0. The van der Waals surface area contributed by atoms with E-state index >= 15 is 0 Å². The van der Waals surface area contributed by atoms with Crippen LogP contribution in [0.25, 0.3) is 0 Å². The van der Waals surface area contributed by atoms with E-state index < -0.39 is 5.60 Å². The molecular formula is C12H23NO3. The second-order valence-corrected chi connectivity index (χ2v) is 5.58. The molecule has 1 fully saturated rings. The Bertz CT molecular complexity index is 247. The molecule has 4 heteroatoms. The van der Waals surface area contributed by atoms with Gasteiger partial charge in [-0.15, -0.1) is 0 Å². The summed E-state index contributed by atoms with van der Waals surface area (Å²) in [4.78, 5) is 13.6. The third-order valence-electron chi connectivity index (χ3n) is 2.80. The van der Waals surface area contributed by atoms with Crippen LogP contribution in [0.1, 0.15) is 27.7 Å². The molecule has 0 aromatic carbocycles. The summed E-state index contributed by atoms with van der Waals surface area (Å²) in [5.74, 6) is 0.907. The summed E-state index contributed by atoms with van der Waals surface area (Å²) in [6.07, 6.45) is -0.210. The largest absolute Gasteiger partial charge is 0.444 e. The number of ether oxygens (including phenoxy) is 2. The fraction of sp³-hybridized carbons (Fsp3) is 0.917. The molecule has 4 nitrogen and oxygen atoms in total. The smallest absolute Gasteiger partial charge is 0.410 e. The Morgan fingerprint density at radius 2 is 2.00 bits per heavy atom. The summed E-state index contributed by atoms with van der Waals surface area (Å²) in [6.45, 7) is 10.0. The summed E-state index contributed by atoms with van der Waals surface area (Å²) in [7, 11) is 1.70. The molecule has 0 aliphatic carbocycles. The normalized spacial score (nSPS) is 25.9. The van der Waals surface area contributed by atoms with Crippen molar-refractivity contribution in [1.82, 2.24) is 4.90 Å². The highest BCUT2D eigenvalue weighted by Crippen LogP contribution is 2.24. The molecule has 1 aliphatic heterocycles. The summed E-state index contributed by atoms with van der Waals surface area (Å²) in [5, 5.41) is 0. The van der Waals surface area contributed by atoms with Crippen molar-refractivity contribution in [2.24, 2.45) is 11.8 Å². The highest BCUT2D eigenvalue weighted by Gasteiger charge is 2.34. The maximum Gasteiger partial charge on any atom is 0.410 e. The fourth-order valence-corrected chi connectivity index (χ4v) is 1.94. The minimum Gasteiger partial charge on any atom is -0.444 e. The van der Waals surface area contributed by atoms with Gasteiger partial charge in [-0.3, -0.25) is 0 Å². The third-order valence-corrected chi connectivity index (χ3v) is 2.80. The Morgan fingerprint density at radius 1 is 1.38 bits per heavy atom. The molecule has 0 radical (unpaired) electrons. The average molecular weight is 229 g/mol. The molecule has 0 aromatic heterocycles. The maximum atomic E-state index is 11.8. The summed E-state index contributed by atoms with van der Waals surface area (Å²) in [6, 6.07) is 0. The third kappa shape index (κ3) is 3.67. The SMILES string of the molecule is COCC1CN(C(=O)OC(C)(C)C)CC1C. The van der Waals surface area contributed by atoms with E-state index in [0.29, 0.717) is 18.4 Å². The van der Waals surface area contributed by atoms with Crippen LogP contribution < -0.4 is 0 Å². The lowest BCUT2D eigenvalue weighted by Gasteiger charge is -2.24. The highest BCUT2D eigenvalue weighted by atomic mass is 16.6. The van der Waals surface area contributed by atoms with Gasteiger partial charge in [0.2, 0.25) is 0 Å². The van der Waals surface area contributed by atoms with E-state index in [0.717, 1.165) is 13.1 Å². The Hall–Kier alpha value is -0.770. The van der Waals surface area contributed by atoms with Crippen LogP contribution in [0.2, 0.25) is 0 Å². The van der Waals surface area contributed by atoms with Crippen molar-refractivity contribution in [3.8, 4) is 0 Å². The van der Waals surface area contributed by atoms with Gasteiger partial charge in [0.25, 0.3) is 0 Å². The summed E-state index contributed by atoms with van der Waals surface area (Å²) in [5.41, 5.74) is -0.417. The monoisotopic (exact) mass is 229 g/mol. The van der Waals surface area contributed by atoms with Crippen LogP contribution in [-0.4, -0.2) is 43.4 Å². The zero-order chi connectivity index (χ0) is 12.3. The standard InChI is InChI=1S/C12H23NO3/c1-9-6-13(7-10(9)8-15-5)11(14)16-12(2,3)4/h9-10H,6-8H2,1-5H3. The topological polar surface area (TPSA) is 38.8 Å². The number of rotatable bonds is 2. The van der Waals surface area contributed by atoms with Gasteiger partial charge < -0.3 is 14.4 Å². The van der Waals surface area contributed by atoms with Gasteiger partial charge in [-0.05, 0) is 26.7 Å². The molecule has 1 amide bonds. The lowest BCUT2D eigenvalue weighted by atomic mass is 10.00. The molecule has 0 N–H and O–H groups in total. The van der Waals surface area contributed by atoms with E-state index in [1.165, 1.54) is 0 Å². The number of likely N-dealkylation sites (tertiary alicyclic amines) is 1. The van der Waals surface area contributed by atoms with Crippen LogP contribution in [0, 0.1) is 11.8 Å². The molecular weight excluding hydrogens is 206 g/mol. The lowest BCUT2D eigenvalue weighted by Crippen LogP contribution is -2.35. The average Bonchev–Trinajstić information content (AvgIpc) is 2.46. The Morgan fingerprint density at radius 3 is 2.50 bits per heavy atom. The van der Waals surface area contributed by atoms with Gasteiger partial charge in [-0.1, -0.05) is 6.92 Å². The molecule has 1 rings (SSSR count). The van der Waals surface area contributed by atoms with Crippen LogP contribution >= 0.6 is 0 Å². The predicted octanol–water partition coefficient (Wildman–Crippen LogP) is 2.14. The number of carbonyl (C=O) groups is 1. The van der Waals surface area contributed by atoms with Crippen LogP contribution in [0.15, 0.2) is 0 Å². The van der Waals surface area contributed by atoms with Gasteiger partial charge in [-0.25, -0.2) is 4.79 Å². The number of nitrogens with zero attached hydrogens (tertiary/aromatic N) is 1. The molecule has 2 atom stereocenters. The van der Waals surface area contributed by atoms with E-state index in [4.69, 9.17) is 9.47 Å². The van der Waals surface area contributed by atoms with Crippen LogP contribution in [0.5, 0.6) is 0 Å².